The number of carbonyl (C=O) groups is 3. The summed E-state index contributed by atoms with van der Waals surface area (Å²) in [7, 11) is 0. The fourth-order valence-corrected chi connectivity index (χ4v) is 3.61. The standard InChI is InChI=1S/C22H24N2O4/c1-14-7-9-16(10-8-14)20(23-15(2)25)11-21(26)24-12-17-5-3-4-6-18(17)19(13-24)22(27)28/h3-10,19-20H,11-13H2,1-2H3,(H,23,25)(H,27,28). The number of carboxylic acids is 1. The zero-order chi connectivity index (χ0) is 20.3. The number of fused-ring (bicyclic) bond motifs is 1. The van der Waals surface area contributed by atoms with E-state index in [1.165, 1.54) is 6.92 Å². The molecule has 0 fully saturated rings. The van der Waals surface area contributed by atoms with E-state index in [1.54, 1.807) is 4.90 Å². The molecule has 0 saturated carbocycles. The van der Waals surface area contributed by atoms with Crippen LogP contribution in [0.2, 0.25) is 0 Å². The Labute approximate surface area is 164 Å². The Kier molecular flexibility index (Phi) is 5.78. The number of hydrogen-bond acceptors (Lipinski definition) is 3. The number of nitrogens with one attached hydrogen (secondary N) is 1. The zero-order valence-electron chi connectivity index (χ0n) is 16.0. The Morgan fingerprint density at radius 3 is 2.46 bits per heavy atom. The van der Waals surface area contributed by atoms with Crippen LogP contribution in [0.1, 0.15) is 47.6 Å². The van der Waals surface area contributed by atoms with Crippen molar-refractivity contribution in [2.75, 3.05) is 6.54 Å². The molecule has 0 bridgehead atoms. The van der Waals surface area contributed by atoms with Crippen molar-refractivity contribution >= 4 is 17.8 Å². The van der Waals surface area contributed by atoms with E-state index in [0.717, 1.165) is 22.3 Å². The van der Waals surface area contributed by atoms with E-state index in [2.05, 4.69) is 5.32 Å². The van der Waals surface area contributed by atoms with Gasteiger partial charge in [-0.15, -0.1) is 0 Å². The van der Waals surface area contributed by atoms with E-state index >= 15 is 0 Å². The Hall–Kier alpha value is -3.15. The van der Waals surface area contributed by atoms with Crippen molar-refractivity contribution in [1.29, 1.82) is 0 Å². The summed E-state index contributed by atoms with van der Waals surface area (Å²) in [5, 5.41) is 12.4. The molecule has 0 aromatic heterocycles. The smallest absolute Gasteiger partial charge is 0.312 e. The summed E-state index contributed by atoms with van der Waals surface area (Å²) in [6.45, 7) is 3.90. The summed E-state index contributed by atoms with van der Waals surface area (Å²) in [4.78, 5) is 37.9. The monoisotopic (exact) mass is 380 g/mol. The quantitative estimate of drug-likeness (QED) is 0.835. The highest BCUT2D eigenvalue weighted by Gasteiger charge is 2.33. The first-order valence-corrected chi connectivity index (χ1v) is 9.27. The van der Waals surface area contributed by atoms with Crippen LogP contribution in [0.4, 0.5) is 0 Å². The number of carbonyl (C=O) groups excluding carboxylic acids is 2. The lowest BCUT2D eigenvalue weighted by Crippen LogP contribution is -2.42. The van der Waals surface area contributed by atoms with Gasteiger partial charge in [0.25, 0.3) is 0 Å². The Morgan fingerprint density at radius 2 is 1.82 bits per heavy atom. The van der Waals surface area contributed by atoms with Crippen molar-refractivity contribution in [2.45, 2.75) is 38.8 Å². The highest BCUT2D eigenvalue weighted by molar-refractivity contribution is 5.82. The molecule has 2 N–H and O–H groups in total. The van der Waals surface area contributed by atoms with Crippen molar-refractivity contribution in [3.05, 3.63) is 70.8 Å². The minimum Gasteiger partial charge on any atom is -0.481 e. The second-order valence-electron chi connectivity index (χ2n) is 7.23. The van der Waals surface area contributed by atoms with Crippen LogP contribution >= 0.6 is 0 Å². The van der Waals surface area contributed by atoms with Gasteiger partial charge in [0.15, 0.2) is 0 Å². The van der Waals surface area contributed by atoms with Gasteiger partial charge in [-0.3, -0.25) is 14.4 Å². The molecule has 2 amide bonds. The summed E-state index contributed by atoms with van der Waals surface area (Å²) in [5.41, 5.74) is 3.55. The van der Waals surface area contributed by atoms with Gasteiger partial charge in [-0.05, 0) is 23.6 Å². The van der Waals surface area contributed by atoms with Crippen molar-refractivity contribution in [1.82, 2.24) is 10.2 Å². The van der Waals surface area contributed by atoms with Crippen LogP contribution in [0.3, 0.4) is 0 Å². The number of aryl methyl sites for hydroxylation is 1. The topological polar surface area (TPSA) is 86.7 Å². The van der Waals surface area contributed by atoms with Gasteiger partial charge in [-0.25, -0.2) is 0 Å². The number of nitrogens with zero attached hydrogens (tertiary/aromatic N) is 1. The van der Waals surface area contributed by atoms with E-state index in [0.29, 0.717) is 6.54 Å². The lowest BCUT2D eigenvalue weighted by Gasteiger charge is -2.33. The average Bonchev–Trinajstić information content (AvgIpc) is 2.66. The summed E-state index contributed by atoms with van der Waals surface area (Å²) in [5.74, 6) is -2.08. The zero-order valence-corrected chi connectivity index (χ0v) is 16.0. The number of benzene rings is 2. The number of carboxylic acid groups (broad SMARTS) is 1. The molecule has 2 atom stereocenters. The number of amides is 2. The van der Waals surface area contributed by atoms with Gasteiger partial charge in [0.05, 0.1) is 18.4 Å². The van der Waals surface area contributed by atoms with E-state index in [-0.39, 0.29) is 24.8 Å². The average molecular weight is 380 g/mol. The molecule has 28 heavy (non-hydrogen) atoms. The number of hydrogen-bond donors (Lipinski definition) is 2. The lowest BCUT2D eigenvalue weighted by atomic mass is 9.89. The Balaban J connectivity index is 1.81. The summed E-state index contributed by atoms with van der Waals surface area (Å²) < 4.78 is 0. The van der Waals surface area contributed by atoms with E-state index in [1.807, 2.05) is 55.5 Å². The molecule has 2 unspecified atom stereocenters. The summed E-state index contributed by atoms with van der Waals surface area (Å²) in [6.07, 6.45) is 0.0805. The van der Waals surface area contributed by atoms with Gasteiger partial charge in [0.1, 0.15) is 0 Å². The minimum atomic E-state index is -0.943. The molecule has 3 rings (SSSR count). The molecule has 6 nitrogen and oxygen atoms in total. The summed E-state index contributed by atoms with van der Waals surface area (Å²) >= 11 is 0. The maximum absolute atomic E-state index is 13.0. The molecule has 6 heteroatoms. The normalized spacial score (nSPS) is 16.8. The molecular weight excluding hydrogens is 356 g/mol. The third-order valence-corrected chi connectivity index (χ3v) is 5.08. The first-order valence-electron chi connectivity index (χ1n) is 9.27. The van der Waals surface area contributed by atoms with Crippen LogP contribution in [0.15, 0.2) is 48.5 Å². The Morgan fingerprint density at radius 1 is 1.14 bits per heavy atom. The van der Waals surface area contributed by atoms with Gasteiger partial charge < -0.3 is 15.3 Å². The predicted octanol–water partition coefficient (Wildman–Crippen LogP) is 2.77. The van der Waals surface area contributed by atoms with E-state index in [9.17, 15) is 19.5 Å². The molecule has 0 aliphatic carbocycles. The van der Waals surface area contributed by atoms with Crippen molar-refractivity contribution in [3.63, 3.8) is 0 Å². The van der Waals surface area contributed by atoms with Crippen LogP contribution in [0.5, 0.6) is 0 Å². The predicted molar refractivity (Wildman–Crippen MR) is 105 cm³/mol. The Bertz CT molecular complexity index is 892. The van der Waals surface area contributed by atoms with Gasteiger partial charge in [0.2, 0.25) is 11.8 Å². The second-order valence-corrected chi connectivity index (χ2v) is 7.23. The molecule has 1 aliphatic rings. The van der Waals surface area contributed by atoms with Crippen LogP contribution in [-0.2, 0) is 20.9 Å². The van der Waals surface area contributed by atoms with Gasteiger partial charge in [-0.1, -0.05) is 54.1 Å². The highest BCUT2D eigenvalue weighted by Crippen LogP contribution is 2.30. The molecule has 146 valence electrons. The minimum absolute atomic E-state index is 0.0805. The van der Waals surface area contributed by atoms with Gasteiger partial charge >= 0.3 is 5.97 Å². The fraction of sp³-hybridized carbons (Fsp3) is 0.318. The largest absolute Gasteiger partial charge is 0.481 e. The molecule has 2 aromatic carbocycles. The van der Waals surface area contributed by atoms with Gasteiger partial charge in [-0.2, -0.15) is 0 Å². The van der Waals surface area contributed by atoms with Crippen LogP contribution in [0, 0.1) is 6.92 Å². The SMILES string of the molecule is CC(=O)NC(CC(=O)N1Cc2ccccc2C(C(=O)O)C1)c1ccc(C)cc1. The van der Waals surface area contributed by atoms with Crippen molar-refractivity contribution in [3.8, 4) is 0 Å². The van der Waals surface area contributed by atoms with Crippen molar-refractivity contribution in [2.24, 2.45) is 0 Å². The fourth-order valence-electron chi connectivity index (χ4n) is 3.61. The van der Waals surface area contributed by atoms with Crippen LogP contribution in [0.25, 0.3) is 0 Å². The maximum Gasteiger partial charge on any atom is 0.312 e. The number of rotatable bonds is 5. The molecule has 1 aliphatic heterocycles. The second kappa shape index (κ2) is 8.25. The number of aliphatic carboxylic acids is 1. The van der Waals surface area contributed by atoms with Crippen LogP contribution in [-0.4, -0.2) is 34.3 Å². The first kappa shape index (κ1) is 19.6. The molecule has 0 saturated heterocycles. The molecule has 0 spiro atoms. The first-order chi connectivity index (χ1) is 13.3. The maximum atomic E-state index is 13.0. The third-order valence-electron chi connectivity index (χ3n) is 5.08. The van der Waals surface area contributed by atoms with Crippen LogP contribution < -0.4 is 5.32 Å². The lowest BCUT2D eigenvalue weighted by molar-refractivity contribution is -0.141. The molecule has 1 heterocycles. The summed E-state index contributed by atoms with van der Waals surface area (Å²) in [6, 6.07) is 14.5. The highest BCUT2D eigenvalue weighted by atomic mass is 16.4. The van der Waals surface area contributed by atoms with E-state index in [4.69, 9.17) is 0 Å². The third kappa shape index (κ3) is 4.39. The molecule has 0 radical (unpaired) electrons. The van der Waals surface area contributed by atoms with Crippen molar-refractivity contribution < 1.29 is 19.5 Å². The molecular formula is C22H24N2O4. The molecule has 2 aromatic rings. The van der Waals surface area contributed by atoms with Gasteiger partial charge in [0, 0.05) is 20.0 Å². The van der Waals surface area contributed by atoms with E-state index < -0.39 is 17.9 Å².